The lowest BCUT2D eigenvalue weighted by Gasteiger charge is -2.32. The van der Waals surface area contributed by atoms with E-state index in [9.17, 15) is 22.8 Å². The van der Waals surface area contributed by atoms with Crippen molar-refractivity contribution in [2.75, 3.05) is 0 Å². The Morgan fingerprint density at radius 2 is 1.71 bits per heavy atom. The Balaban J connectivity index is 2.56. The number of carbonyl (C=O) groups excluding carboxylic acids is 2. The Kier molecular flexibility index (Phi) is 4.79. The van der Waals surface area contributed by atoms with Gasteiger partial charge in [0.2, 0.25) is 0 Å². The number of benzene rings is 1. The van der Waals surface area contributed by atoms with Crippen LogP contribution in [0.2, 0.25) is 0 Å². The predicted octanol–water partition coefficient (Wildman–Crippen LogP) is 4.67. The standard InChI is InChI=1S/C18H21F3O3/c1-16(2,3)24-15(23)17(6-4-5-7-17)13-8-12(11-22)9-14(10-13)18(19,20)21/h8-11H,4-7H2,1-3H3. The van der Waals surface area contributed by atoms with Crippen molar-refractivity contribution in [3.63, 3.8) is 0 Å². The van der Waals surface area contributed by atoms with Crippen LogP contribution in [0.25, 0.3) is 0 Å². The van der Waals surface area contributed by atoms with Crippen LogP contribution in [-0.4, -0.2) is 17.9 Å². The van der Waals surface area contributed by atoms with Crippen LogP contribution in [0.4, 0.5) is 13.2 Å². The third-order valence-corrected chi connectivity index (χ3v) is 4.22. The molecule has 3 nitrogen and oxygen atoms in total. The minimum Gasteiger partial charge on any atom is -0.459 e. The molecule has 0 heterocycles. The Bertz CT molecular complexity index is 636. The van der Waals surface area contributed by atoms with Gasteiger partial charge < -0.3 is 4.74 Å². The maximum absolute atomic E-state index is 13.1. The van der Waals surface area contributed by atoms with E-state index in [0.29, 0.717) is 19.1 Å². The second kappa shape index (κ2) is 6.22. The third kappa shape index (κ3) is 3.79. The summed E-state index contributed by atoms with van der Waals surface area (Å²) in [6, 6.07) is 3.15. The average molecular weight is 342 g/mol. The van der Waals surface area contributed by atoms with Crippen LogP contribution < -0.4 is 0 Å². The first-order valence-corrected chi connectivity index (χ1v) is 7.89. The normalized spacial score (nSPS) is 17.6. The quantitative estimate of drug-likeness (QED) is 0.592. The molecule has 0 amide bonds. The summed E-state index contributed by atoms with van der Waals surface area (Å²) in [7, 11) is 0. The lowest BCUT2D eigenvalue weighted by molar-refractivity contribution is -0.162. The van der Waals surface area contributed by atoms with Crippen LogP contribution in [0, 0.1) is 0 Å². The highest BCUT2D eigenvalue weighted by molar-refractivity contribution is 5.85. The number of hydrogen-bond acceptors (Lipinski definition) is 3. The summed E-state index contributed by atoms with van der Waals surface area (Å²) in [4.78, 5) is 23.8. The molecule has 0 aliphatic heterocycles. The first-order chi connectivity index (χ1) is 11.0. The summed E-state index contributed by atoms with van der Waals surface area (Å²) in [6.07, 6.45) is -1.92. The molecule has 0 aromatic heterocycles. The second-order valence-corrected chi connectivity index (χ2v) is 7.25. The molecule has 0 spiro atoms. The SMILES string of the molecule is CC(C)(C)OC(=O)C1(c2cc(C=O)cc(C(F)(F)F)c2)CCCC1. The highest BCUT2D eigenvalue weighted by atomic mass is 19.4. The average Bonchev–Trinajstić information content (AvgIpc) is 2.95. The number of hydrogen-bond donors (Lipinski definition) is 0. The summed E-state index contributed by atoms with van der Waals surface area (Å²) < 4.78 is 44.9. The summed E-state index contributed by atoms with van der Waals surface area (Å²) in [5.74, 6) is -0.524. The molecule has 0 unspecified atom stereocenters. The van der Waals surface area contributed by atoms with Gasteiger partial charge in [0.15, 0.2) is 0 Å². The molecule has 0 radical (unpaired) electrons. The number of carbonyl (C=O) groups is 2. The molecular weight excluding hydrogens is 321 g/mol. The number of esters is 1. The van der Waals surface area contributed by atoms with Gasteiger partial charge in [-0.2, -0.15) is 13.2 Å². The van der Waals surface area contributed by atoms with Crippen LogP contribution in [0.1, 0.15) is 67.9 Å². The van der Waals surface area contributed by atoms with Gasteiger partial charge in [-0.1, -0.05) is 12.8 Å². The number of ether oxygens (including phenoxy) is 1. The Morgan fingerprint density at radius 1 is 1.12 bits per heavy atom. The molecule has 1 aliphatic carbocycles. The predicted molar refractivity (Wildman–Crippen MR) is 82.8 cm³/mol. The van der Waals surface area contributed by atoms with Crippen LogP contribution in [0.3, 0.4) is 0 Å². The van der Waals surface area contributed by atoms with E-state index in [0.717, 1.165) is 25.0 Å². The zero-order chi connectivity index (χ0) is 18.2. The van der Waals surface area contributed by atoms with Gasteiger partial charge in [-0.25, -0.2) is 0 Å². The number of halogens is 3. The number of alkyl halides is 3. The van der Waals surface area contributed by atoms with Crippen molar-refractivity contribution in [2.45, 2.75) is 63.6 Å². The molecular formula is C18H21F3O3. The lowest BCUT2D eigenvalue weighted by atomic mass is 9.77. The fraction of sp³-hybridized carbons (Fsp3) is 0.556. The monoisotopic (exact) mass is 342 g/mol. The molecule has 2 rings (SSSR count). The molecule has 1 aliphatic rings. The van der Waals surface area contributed by atoms with Crippen molar-refractivity contribution in [1.29, 1.82) is 0 Å². The largest absolute Gasteiger partial charge is 0.459 e. The summed E-state index contributed by atoms with van der Waals surface area (Å²) in [6.45, 7) is 5.16. The van der Waals surface area contributed by atoms with Gasteiger partial charge in [-0.15, -0.1) is 0 Å². The maximum atomic E-state index is 13.1. The topological polar surface area (TPSA) is 43.4 Å². The lowest BCUT2D eigenvalue weighted by Crippen LogP contribution is -2.39. The van der Waals surface area contributed by atoms with Crippen molar-refractivity contribution in [1.82, 2.24) is 0 Å². The van der Waals surface area contributed by atoms with Crippen LogP contribution in [0.15, 0.2) is 18.2 Å². The van der Waals surface area contributed by atoms with Crippen molar-refractivity contribution < 1.29 is 27.5 Å². The van der Waals surface area contributed by atoms with Crippen molar-refractivity contribution in [2.24, 2.45) is 0 Å². The van der Waals surface area contributed by atoms with E-state index in [-0.39, 0.29) is 11.1 Å². The smallest absolute Gasteiger partial charge is 0.416 e. The van der Waals surface area contributed by atoms with Gasteiger partial charge in [0, 0.05) is 5.56 Å². The van der Waals surface area contributed by atoms with Gasteiger partial charge >= 0.3 is 12.1 Å². The third-order valence-electron chi connectivity index (χ3n) is 4.22. The highest BCUT2D eigenvalue weighted by Crippen LogP contribution is 2.44. The van der Waals surface area contributed by atoms with Crippen molar-refractivity contribution in [3.05, 3.63) is 34.9 Å². The van der Waals surface area contributed by atoms with E-state index in [1.807, 2.05) is 0 Å². The van der Waals surface area contributed by atoms with Gasteiger partial charge in [-0.05, 0) is 57.4 Å². The number of aldehydes is 1. The Hall–Kier alpha value is -1.85. The molecule has 1 fully saturated rings. The molecule has 24 heavy (non-hydrogen) atoms. The summed E-state index contributed by atoms with van der Waals surface area (Å²) >= 11 is 0. The molecule has 0 saturated heterocycles. The zero-order valence-electron chi connectivity index (χ0n) is 14.0. The Labute approximate surface area is 139 Å². The second-order valence-electron chi connectivity index (χ2n) is 7.25. The van der Waals surface area contributed by atoms with Gasteiger partial charge in [0.05, 0.1) is 11.0 Å². The molecule has 1 aromatic rings. The zero-order valence-corrected chi connectivity index (χ0v) is 14.0. The van der Waals surface area contributed by atoms with Gasteiger partial charge in [-0.3, -0.25) is 9.59 Å². The molecule has 0 N–H and O–H groups in total. The van der Waals surface area contributed by atoms with Gasteiger partial charge in [0.25, 0.3) is 0 Å². The van der Waals surface area contributed by atoms with Crippen LogP contribution >= 0.6 is 0 Å². The molecule has 1 saturated carbocycles. The van der Waals surface area contributed by atoms with Crippen molar-refractivity contribution >= 4 is 12.3 Å². The van der Waals surface area contributed by atoms with Crippen molar-refractivity contribution in [3.8, 4) is 0 Å². The molecule has 6 heteroatoms. The molecule has 1 aromatic carbocycles. The fourth-order valence-corrected chi connectivity index (χ4v) is 3.12. The molecule has 0 bridgehead atoms. The van der Waals surface area contributed by atoms with E-state index in [2.05, 4.69) is 0 Å². The van der Waals surface area contributed by atoms with E-state index in [4.69, 9.17) is 4.74 Å². The number of rotatable bonds is 3. The van der Waals surface area contributed by atoms with E-state index in [1.54, 1.807) is 20.8 Å². The van der Waals surface area contributed by atoms with Crippen LogP contribution in [-0.2, 0) is 21.1 Å². The highest BCUT2D eigenvalue weighted by Gasteiger charge is 2.46. The first-order valence-electron chi connectivity index (χ1n) is 7.89. The first kappa shape index (κ1) is 18.5. The summed E-state index contributed by atoms with van der Waals surface area (Å²) in [5, 5.41) is 0. The van der Waals surface area contributed by atoms with E-state index >= 15 is 0 Å². The van der Waals surface area contributed by atoms with Gasteiger partial charge in [0.1, 0.15) is 11.9 Å². The minimum atomic E-state index is -4.58. The summed E-state index contributed by atoms with van der Waals surface area (Å²) in [5.41, 5.74) is -2.65. The van der Waals surface area contributed by atoms with E-state index < -0.39 is 28.7 Å². The van der Waals surface area contributed by atoms with E-state index in [1.165, 1.54) is 6.07 Å². The minimum absolute atomic E-state index is 0.0883. The fourth-order valence-electron chi connectivity index (χ4n) is 3.12. The van der Waals surface area contributed by atoms with Crippen LogP contribution in [0.5, 0.6) is 0 Å². The Morgan fingerprint density at radius 3 is 2.17 bits per heavy atom. The maximum Gasteiger partial charge on any atom is 0.416 e. The molecule has 132 valence electrons. The molecule has 0 atom stereocenters.